The maximum Gasteiger partial charge on any atom is 0.263 e. The lowest BCUT2D eigenvalue weighted by Crippen LogP contribution is -2.23. The zero-order valence-electron chi connectivity index (χ0n) is 13.2. The lowest BCUT2D eigenvalue weighted by atomic mass is 10.1. The van der Waals surface area contributed by atoms with Gasteiger partial charge in [-0.3, -0.25) is 4.79 Å². The second-order valence-electron chi connectivity index (χ2n) is 5.46. The Morgan fingerprint density at radius 2 is 1.96 bits per heavy atom. The van der Waals surface area contributed by atoms with Gasteiger partial charge in [0.2, 0.25) is 5.91 Å². The van der Waals surface area contributed by atoms with Gasteiger partial charge in [0.05, 0.1) is 12.1 Å². The smallest absolute Gasteiger partial charge is 0.263 e. The number of anilines is 2. The first-order valence-electron chi connectivity index (χ1n) is 7.17. The second kappa shape index (κ2) is 6.04. The highest BCUT2D eigenvalue weighted by Gasteiger charge is 2.12. The van der Waals surface area contributed by atoms with Crippen LogP contribution in [0.3, 0.4) is 0 Å². The second-order valence-corrected chi connectivity index (χ2v) is 5.46. The van der Waals surface area contributed by atoms with E-state index in [1.165, 1.54) is 6.33 Å². The molecule has 1 aromatic carbocycles. The molecule has 0 spiro atoms. The fourth-order valence-corrected chi connectivity index (χ4v) is 2.19. The monoisotopic (exact) mass is 311 g/mol. The van der Waals surface area contributed by atoms with E-state index in [0.717, 1.165) is 22.3 Å². The number of carbonyl (C=O) groups is 1. The molecule has 118 valence electrons. The molecular formula is C16H17N5O2. The molecule has 0 aliphatic heterocycles. The van der Waals surface area contributed by atoms with Crippen LogP contribution in [0.25, 0.3) is 11.1 Å². The zero-order valence-corrected chi connectivity index (χ0v) is 13.2. The molecule has 3 rings (SSSR count). The van der Waals surface area contributed by atoms with Crippen LogP contribution in [0.15, 0.2) is 35.1 Å². The van der Waals surface area contributed by atoms with Gasteiger partial charge in [-0.25, -0.2) is 4.98 Å². The predicted octanol–water partition coefficient (Wildman–Crippen LogP) is 2.30. The Balaban J connectivity index is 1.80. The molecule has 0 saturated carbocycles. The van der Waals surface area contributed by atoms with Gasteiger partial charge in [0, 0.05) is 19.8 Å². The Morgan fingerprint density at radius 3 is 2.65 bits per heavy atom. The van der Waals surface area contributed by atoms with Gasteiger partial charge in [-0.1, -0.05) is 17.3 Å². The molecule has 1 amide bonds. The van der Waals surface area contributed by atoms with Crippen LogP contribution in [-0.2, 0) is 11.2 Å². The van der Waals surface area contributed by atoms with Gasteiger partial charge < -0.3 is 14.7 Å². The van der Waals surface area contributed by atoms with E-state index in [2.05, 4.69) is 20.4 Å². The summed E-state index contributed by atoms with van der Waals surface area (Å²) in [5.41, 5.74) is 3.01. The van der Waals surface area contributed by atoms with E-state index in [4.69, 9.17) is 4.52 Å². The summed E-state index contributed by atoms with van der Waals surface area (Å²) in [5.74, 6) is 0.717. The third-order valence-corrected chi connectivity index (χ3v) is 3.51. The van der Waals surface area contributed by atoms with Crippen molar-refractivity contribution < 1.29 is 9.32 Å². The van der Waals surface area contributed by atoms with Gasteiger partial charge >= 0.3 is 0 Å². The molecule has 7 nitrogen and oxygen atoms in total. The van der Waals surface area contributed by atoms with E-state index in [9.17, 15) is 4.79 Å². The predicted molar refractivity (Wildman–Crippen MR) is 86.5 cm³/mol. The maximum absolute atomic E-state index is 11.7. The number of aryl methyl sites for hydroxylation is 1. The minimum absolute atomic E-state index is 0.0725. The Labute approximate surface area is 133 Å². The van der Waals surface area contributed by atoms with Crippen molar-refractivity contribution in [1.82, 2.24) is 20.0 Å². The zero-order chi connectivity index (χ0) is 16.4. The number of nitrogens with zero attached hydrogens (tertiary/aromatic N) is 4. The number of aromatic nitrogens is 3. The summed E-state index contributed by atoms with van der Waals surface area (Å²) in [6, 6.07) is 7.66. The first-order chi connectivity index (χ1) is 11.0. The molecule has 7 heteroatoms. The van der Waals surface area contributed by atoms with E-state index in [1.54, 1.807) is 19.0 Å². The third-order valence-electron chi connectivity index (χ3n) is 3.51. The highest BCUT2D eigenvalue weighted by atomic mass is 16.5. The molecular weight excluding hydrogens is 294 g/mol. The summed E-state index contributed by atoms with van der Waals surface area (Å²) in [7, 11) is 3.50. The molecule has 2 aromatic heterocycles. The van der Waals surface area contributed by atoms with E-state index < -0.39 is 0 Å². The van der Waals surface area contributed by atoms with Gasteiger partial charge in [-0.15, -0.1) is 0 Å². The minimum atomic E-state index is 0.0725. The Bertz CT molecular complexity index is 839. The van der Waals surface area contributed by atoms with E-state index >= 15 is 0 Å². The standard InChI is InChI=1S/C16H17N5O2/c1-10-14-15(17-9-18-16(14)23-20-10)19-12-6-4-11(5-7-12)8-13(22)21(2)3/h4-7,9H,8H2,1-3H3,(H,17,18,19). The van der Waals surface area contributed by atoms with Crippen molar-refractivity contribution in [1.29, 1.82) is 0 Å². The van der Waals surface area contributed by atoms with Gasteiger partial charge in [0.25, 0.3) is 5.71 Å². The third kappa shape index (κ3) is 3.13. The van der Waals surface area contributed by atoms with Gasteiger partial charge in [0.15, 0.2) is 0 Å². The fourth-order valence-electron chi connectivity index (χ4n) is 2.19. The molecule has 2 heterocycles. The molecule has 0 radical (unpaired) electrons. The number of likely N-dealkylation sites (N-methyl/N-ethyl adjacent to an activating group) is 1. The highest BCUT2D eigenvalue weighted by Crippen LogP contribution is 2.25. The molecule has 0 aliphatic carbocycles. The van der Waals surface area contributed by atoms with Crippen molar-refractivity contribution >= 4 is 28.5 Å². The van der Waals surface area contributed by atoms with E-state index in [0.29, 0.717) is 18.0 Å². The Morgan fingerprint density at radius 1 is 1.22 bits per heavy atom. The normalized spacial score (nSPS) is 10.7. The van der Waals surface area contributed by atoms with Crippen LogP contribution >= 0.6 is 0 Å². The van der Waals surface area contributed by atoms with Crippen LogP contribution in [0.2, 0.25) is 0 Å². The summed E-state index contributed by atoms with van der Waals surface area (Å²) >= 11 is 0. The molecule has 0 unspecified atom stereocenters. The lowest BCUT2D eigenvalue weighted by Gasteiger charge is -2.11. The van der Waals surface area contributed by atoms with Crippen LogP contribution in [0.4, 0.5) is 11.5 Å². The number of benzene rings is 1. The van der Waals surface area contributed by atoms with Crippen LogP contribution in [-0.4, -0.2) is 40.0 Å². The number of rotatable bonds is 4. The van der Waals surface area contributed by atoms with E-state index in [1.807, 2.05) is 31.2 Å². The van der Waals surface area contributed by atoms with Crippen molar-refractivity contribution in [3.05, 3.63) is 41.9 Å². The summed E-state index contributed by atoms with van der Waals surface area (Å²) in [4.78, 5) is 21.6. The lowest BCUT2D eigenvalue weighted by molar-refractivity contribution is -0.127. The van der Waals surface area contributed by atoms with Crippen LogP contribution < -0.4 is 5.32 Å². The fraction of sp³-hybridized carbons (Fsp3) is 0.250. The topological polar surface area (TPSA) is 84.1 Å². The average Bonchev–Trinajstić information content (AvgIpc) is 2.91. The van der Waals surface area contributed by atoms with Crippen molar-refractivity contribution in [2.45, 2.75) is 13.3 Å². The molecule has 23 heavy (non-hydrogen) atoms. The number of nitrogens with one attached hydrogen (secondary N) is 1. The number of carbonyl (C=O) groups excluding carboxylic acids is 1. The van der Waals surface area contributed by atoms with Gasteiger partial charge in [0.1, 0.15) is 17.5 Å². The van der Waals surface area contributed by atoms with Crippen molar-refractivity contribution in [3.63, 3.8) is 0 Å². The number of hydrogen-bond donors (Lipinski definition) is 1. The summed E-state index contributed by atoms with van der Waals surface area (Å²) in [5, 5.41) is 7.90. The van der Waals surface area contributed by atoms with Gasteiger partial charge in [-0.2, -0.15) is 4.98 Å². The molecule has 3 aromatic rings. The quantitative estimate of drug-likeness (QED) is 0.796. The molecule has 0 atom stereocenters. The number of fused-ring (bicyclic) bond motifs is 1. The van der Waals surface area contributed by atoms with Gasteiger partial charge in [-0.05, 0) is 24.6 Å². The maximum atomic E-state index is 11.7. The van der Waals surface area contributed by atoms with Crippen molar-refractivity contribution in [2.75, 3.05) is 19.4 Å². The summed E-state index contributed by atoms with van der Waals surface area (Å²) in [6.45, 7) is 1.84. The van der Waals surface area contributed by atoms with Crippen LogP contribution in [0.1, 0.15) is 11.3 Å². The first kappa shape index (κ1) is 15.0. The number of amides is 1. The summed E-state index contributed by atoms with van der Waals surface area (Å²) < 4.78 is 5.13. The minimum Gasteiger partial charge on any atom is -0.349 e. The van der Waals surface area contributed by atoms with Crippen molar-refractivity contribution in [3.8, 4) is 0 Å². The van der Waals surface area contributed by atoms with Crippen LogP contribution in [0, 0.1) is 6.92 Å². The molecule has 0 bridgehead atoms. The average molecular weight is 311 g/mol. The molecule has 1 N–H and O–H groups in total. The first-order valence-corrected chi connectivity index (χ1v) is 7.17. The summed E-state index contributed by atoms with van der Waals surface area (Å²) in [6.07, 6.45) is 1.81. The van der Waals surface area contributed by atoms with E-state index in [-0.39, 0.29) is 5.91 Å². The highest BCUT2D eigenvalue weighted by molar-refractivity contribution is 5.89. The molecule has 0 saturated heterocycles. The Hall–Kier alpha value is -2.96. The number of hydrogen-bond acceptors (Lipinski definition) is 6. The molecule has 0 aliphatic rings. The SMILES string of the molecule is Cc1noc2ncnc(Nc3ccc(CC(=O)N(C)C)cc3)c12. The Kier molecular flexibility index (Phi) is 3.92. The van der Waals surface area contributed by atoms with Crippen LogP contribution in [0.5, 0.6) is 0 Å². The largest absolute Gasteiger partial charge is 0.349 e. The molecule has 0 fully saturated rings. The van der Waals surface area contributed by atoms with Crippen molar-refractivity contribution in [2.24, 2.45) is 0 Å².